The van der Waals surface area contributed by atoms with Crippen molar-refractivity contribution in [1.29, 1.82) is 0 Å². The van der Waals surface area contributed by atoms with Crippen molar-refractivity contribution in [1.82, 2.24) is 19.7 Å². The molecule has 1 aliphatic rings. The first-order chi connectivity index (χ1) is 17.5. The van der Waals surface area contributed by atoms with Crippen LogP contribution in [0.1, 0.15) is 35.2 Å². The van der Waals surface area contributed by atoms with Gasteiger partial charge in [0, 0.05) is 38.0 Å². The lowest BCUT2D eigenvalue weighted by Gasteiger charge is -2.36. The Morgan fingerprint density at radius 1 is 1.08 bits per heavy atom. The second-order valence-corrected chi connectivity index (χ2v) is 8.71. The van der Waals surface area contributed by atoms with Gasteiger partial charge in [-0.25, -0.2) is 13.2 Å². The Kier molecular flexibility index (Phi) is 7.44. The van der Waals surface area contributed by atoms with Gasteiger partial charge >= 0.3 is 6.18 Å². The lowest BCUT2D eigenvalue weighted by molar-refractivity contribution is -0.148. The first kappa shape index (κ1) is 26.5. The minimum Gasteiger partial charge on any atom is -0.497 e. The SMILES string of the molecule is COc1ccc(C[C@@H]2c3nnc(C(F)(F)F)n3CCN2C(=O)C[C@H](N)Cc2cc(F)c(F)cc2F)cc1. The fourth-order valence-corrected chi connectivity index (χ4v) is 4.40. The average Bonchev–Trinajstić information content (AvgIpc) is 3.28. The van der Waals surface area contributed by atoms with Gasteiger partial charge in [0.05, 0.1) is 13.2 Å². The Balaban J connectivity index is 1.57. The predicted molar refractivity (Wildman–Crippen MR) is 119 cm³/mol. The summed E-state index contributed by atoms with van der Waals surface area (Å²) in [6, 6.07) is 6.05. The van der Waals surface area contributed by atoms with Gasteiger partial charge in [0.15, 0.2) is 17.5 Å². The van der Waals surface area contributed by atoms with Crippen molar-refractivity contribution in [2.45, 2.75) is 44.1 Å². The van der Waals surface area contributed by atoms with E-state index in [1.807, 2.05) is 0 Å². The maximum atomic E-state index is 14.0. The number of nitrogens with zero attached hydrogens (tertiary/aromatic N) is 4. The number of benzene rings is 2. The Labute approximate surface area is 207 Å². The van der Waals surface area contributed by atoms with Gasteiger partial charge in [0.25, 0.3) is 0 Å². The molecular formula is C24H23F6N5O2. The summed E-state index contributed by atoms with van der Waals surface area (Å²) in [6.07, 6.45) is -5.14. The van der Waals surface area contributed by atoms with Crippen LogP contribution in [0.5, 0.6) is 5.75 Å². The van der Waals surface area contributed by atoms with Crippen molar-refractivity contribution in [3.05, 3.63) is 76.6 Å². The molecule has 2 aromatic carbocycles. The Hall–Kier alpha value is -3.61. The number of methoxy groups -OCH3 is 1. The fourth-order valence-electron chi connectivity index (χ4n) is 4.40. The van der Waals surface area contributed by atoms with Crippen LogP contribution in [0.4, 0.5) is 26.3 Å². The summed E-state index contributed by atoms with van der Waals surface area (Å²) in [5.74, 6) is -4.68. The minimum absolute atomic E-state index is 0.0250. The van der Waals surface area contributed by atoms with Crippen molar-refractivity contribution in [3.63, 3.8) is 0 Å². The van der Waals surface area contributed by atoms with Crippen LogP contribution >= 0.6 is 0 Å². The van der Waals surface area contributed by atoms with Crippen molar-refractivity contribution in [3.8, 4) is 5.75 Å². The number of rotatable bonds is 7. The molecule has 2 N–H and O–H groups in total. The van der Waals surface area contributed by atoms with E-state index in [1.165, 1.54) is 12.0 Å². The van der Waals surface area contributed by atoms with Gasteiger partial charge in [-0.2, -0.15) is 13.2 Å². The van der Waals surface area contributed by atoms with Gasteiger partial charge in [-0.05, 0) is 35.7 Å². The van der Waals surface area contributed by atoms with Crippen LogP contribution in [-0.4, -0.2) is 45.3 Å². The maximum Gasteiger partial charge on any atom is 0.451 e. The highest BCUT2D eigenvalue weighted by molar-refractivity contribution is 5.77. The maximum absolute atomic E-state index is 14.0. The molecule has 4 rings (SSSR count). The molecule has 0 saturated carbocycles. The van der Waals surface area contributed by atoms with E-state index >= 15 is 0 Å². The number of amides is 1. The van der Waals surface area contributed by atoms with E-state index in [2.05, 4.69) is 10.2 Å². The van der Waals surface area contributed by atoms with E-state index in [1.54, 1.807) is 24.3 Å². The molecule has 13 heteroatoms. The summed E-state index contributed by atoms with van der Waals surface area (Å²) < 4.78 is 87.2. The van der Waals surface area contributed by atoms with Crippen molar-refractivity contribution < 1.29 is 35.9 Å². The molecule has 1 amide bonds. The lowest BCUT2D eigenvalue weighted by Crippen LogP contribution is -2.45. The van der Waals surface area contributed by atoms with Gasteiger partial charge < -0.3 is 19.9 Å². The molecule has 0 aliphatic carbocycles. The summed E-state index contributed by atoms with van der Waals surface area (Å²) in [6.45, 7) is -0.255. The number of hydrogen-bond donors (Lipinski definition) is 1. The van der Waals surface area contributed by atoms with Crippen LogP contribution in [0.15, 0.2) is 36.4 Å². The third kappa shape index (κ3) is 5.71. The lowest BCUT2D eigenvalue weighted by atomic mass is 9.99. The standard InChI is InChI=1S/C24H23F6N5O2/c1-37-16-4-2-13(3-5-16)8-20-22-32-33-23(24(28,29)30)35(22)7-6-34(20)21(36)11-15(31)9-14-10-18(26)19(27)12-17(14)25/h2-5,10,12,15,20H,6-9,11,31H2,1H3/t15-,20-/m1/s1. The van der Waals surface area contributed by atoms with Gasteiger partial charge in [-0.15, -0.1) is 10.2 Å². The van der Waals surface area contributed by atoms with E-state index in [0.717, 1.165) is 4.57 Å². The highest BCUT2D eigenvalue weighted by Crippen LogP contribution is 2.35. The molecule has 2 heterocycles. The third-order valence-electron chi connectivity index (χ3n) is 6.19. The van der Waals surface area contributed by atoms with Crippen LogP contribution in [0.2, 0.25) is 0 Å². The zero-order chi connectivity index (χ0) is 26.9. The topological polar surface area (TPSA) is 86.3 Å². The molecule has 0 radical (unpaired) electrons. The van der Waals surface area contributed by atoms with Crippen LogP contribution in [0, 0.1) is 17.5 Å². The van der Waals surface area contributed by atoms with Crippen LogP contribution in [-0.2, 0) is 30.4 Å². The van der Waals surface area contributed by atoms with Gasteiger partial charge in [0.2, 0.25) is 11.7 Å². The number of ether oxygens (including phenoxy) is 1. The van der Waals surface area contributed by atoms with E-state index in [-0.39, 0.29) is 43.7 Å². The highest BCUT2D eigenvalue weighted by atomic mass is 19.4. The van der Waals surface area contributed by atoms with Crippen molar-refractivity contribution >= 4 is 5.91 Å². The molecule has 1 aromatic heterocycles. The Morgan fingerprint density at radius 3 is 2.41 bits per heavy atom. The van der Waals surface area contributed by atoms with Crippen molar-refractivity contribution in [2.75, 3.05) is 13.7 Å². The van der Waals surface area contributed by atoms with E-state index in [0.29, 0.717) is 23.4 Å². The van der Waals surface area contributed by atoms with Gasteiger partial charge in [-0.3, -0.25) is 4.79 Å². The van der Waals surface area contributed by atoms with E-state index in [4.69, 9.17) is 10.5 Å². The van der Waals surface area contributed by atoms with E-state index in [9.17, 15) is 31.1 Å². The molecular weight excluding hydrogens is 504 g/mol. The number of fused-ring (bicyclic) bond motifs is 1. The Bertz CT molecular complexity index is 1280. The molecule has 0 bridgehead atoms. The molecule has 7 nitrogen and oxygen atoms in total. The summed E-state index contributed by atoms with van der Waals surface area (Å²) in [7, 11) is 1.49. The first-order valence-corrected chi connectivity index (χ1v) is 11.3. The zero-order valence-electron chi connectivity index (χ0n) is 19.6. The van der Waals surface area contributed by atoms with E-state index < -0.39 is 47.4 Å². The second-order valence-electron chi connectivity index (χ2n) is 8.71. The number of halogens is 6. The monoisotopic (exact) mass is 527 g/mol. The van der Waals surface area contributed by atoms with Crippen LogP contribution < -0.4 is 10.5 Å². The largest absolute Gasteiger partial charge is 0.497 e. The summed E-state index contributed by atoms with van der Waals surface area (Å²) in [5.41, 5.74) is 6.55. The van der Waals surface area contributed by atoms with Crippen molar-refractivity contribution in [2.24, 2.45) is 5.73 Å². The molecule has 0 spiro atoms. The molecule has 0 saturated heterocycles. The first-order valence-electron chi connectivity index (χ1n) is 11.3. The predicted octanol–water partition coefficient (Wildman–Crippen LogP) is 3.81. The second kappa shape index (κ2) is 10.4. The normalized spacial score (nSPS) is 16.4. The third-order valence-corrected chi connectivity index (χ3v) is 6.19. The molecule has 2 atom stereocenters. The number of hydrogen-bond acceptors (Lipinski definition) is 5. The number of carbonyl (C=O) groups is 1. The quantitative estimate of drug-likeness (QED) is 0.373. The highest BCUT2D eigenvalue weighted by Gasteiger charge is 2.43. The number of nitrogens with two attached hydrogens (primary N) is 1. The molecule has 198 valence electrons. The smallest absolute Gasteiger partial charge is 0.451 e. The molecule has 0 fully saturated rings. The van der Waals surface area contributed by atoms with Gasteiger partial charge in [0.1, 0.15) is 11.6 Å². The molecule has 37 heavy (non-hydrogen) atoms. The minimum atomic E-state index is -4.72. The fraction of sp³-hybridized carbons (Fsp3) is 0.375. The van der Waals surface area contributed by atoms with Crippen LogP contribution in [0.3, 0.4) is 0 Å². The number of aromatic nitrogens is 3. The summed E-state index contributed by atoms with van der Waals surface area (Å²) in [5, 5.41) is 7.08. The molecule has 1 aliphatic heterocycles. The Morgan fingerprint density at radius 2 is 1.76 bits per heavy atom. The summed E-state index contributed by atoms with van der Waals surface area (Å²) in [4.78, 5) is 14.6. The summed E-state index contributed by atoms with van der Waals surface area (Å²) >= 11 is 0. The number of alkyl halides is 3. The molecule has 0 unspecified atom stereocenters. The van der Waals surface area contributed by atoms with Crippen LogP contribution in [0.25, 0.3) is 0 Å². The zero-order valence-corrected chi connectivity index (χ0v) is 19.6. The average molecular weight is 527 g/mol. The van der Waals surface area contributed by atoms with Gasteiger partial charge in [-0.1, -0.05) is 12.1 Å². The number of carbonyl (C=O) groups excluding carboxylic acids is 1. The molecule has 3 aromatic rings.